The summed E-state index contributed by atoms with van der Waals surface area (Å²) in [6.45, 7) is 0.899. The first kappa shape index (κ1) is 30.2. The lowest BCUT2D eigenvalue weighted by Crippen LogP contribution is -2.50. The van der Waals surface area contributed by atoms with Crippen molar-refractivity contribution >= 4 is 27.5 Å². The number of nitrogens with zero attached hydrogens (tertiary/aromatic N) is 2. The summed E-state index contributed by atoms with van der Waals surface area (Å²) in [7, 11) is 1.38. The summed E-state index contributed by atoms with van der Waals surface area (Å²) >= 11 is 0. The number of carbonyl (C=O) groups is 2. The highest BCUT2D eigenvalue weighted by Gasteiger charge is 2.33. The van der Waals surface area contributed by atoms with E-state index in [2.05, 4.69) is 5.32 Å². The molecule has 1 atom stereocenters. The summed E-state index contributed by atoms with van der Waals surface area (Å²) in [4.78, 5) is 27.4. The van der Waals surface area contributed by atoms with E-state index in [1.54, 1.807) is 31.2 Å². The zero-order chi connectivity index (χ0) is 29.4. The minimum absolute atomic E-state index is 0.0189. The van der Waals surface area contributed by atoms with Gasteiger partial charge in [-0.1, -0.05) is 12.1 Å². The van der Waals surface area contributed by atoms with Gasteiger partial charge in [0.2, 0.25) is 11.8 Å². The third kappa shape index (κ3) is 6.81. The third-order valence-corrected chi connectivity index (χ3v) is 8.03. The molecule has 3 rings (SSSR count). The monoisotopic (exact) mass is 573 g/mol. The minimum atomic E-state index is -4.38. The van der Waals surface area contributed by atoms with Crippen molar-refractivity contribution in [3.63, 3.8) is 0 Å². The van der Waals surface area contributed by atoms with Crippen LogP contribution in [0.25, 0.3) is 0 Å². The fourth-order valence-corrected chi connectivity index (χ4v) is 5.39. The average Bonchev–Trinajstić information content (AvgIpc) is 2.98. The van der Waals surface area contributed by atoms with Gasteiger partial charge in [-0.25, -0.2) is 12.8 Å². The van der Waals surface area contributed by atoms with Gasteiger partial charge in [0, 0.05) is 19.7 Å². The minimum Gasteiger partial charge on any atom is -0.497 e. The molecule has 2 amide bonds. The number of hydrogen-bond acceptors (Lipinski definition) is 7. The number of nitrogens with one attached hydrogen (secondary N) is 1. The van der Waals surface area contributed by atoms with Crippen molar-refractivity contribution in [1.82, 2.24) is 10.2 Å². The molecule has 1 N–H and O–H groups in total. The summed E-state index contributed by atoms with van der Waals surface area (Å²) in [6, 6.07) is 14.7. The number of benzene rings is 3. The summed E-state index contributed by atoms with van der Waals surface area (Å²) in [5, 5.41) is 2.52. The van der Waals surface area contributed by atoms with Crippen LogP contribution in [0.3, 0.4) is 0 Å². The fraction of sp³-hybridized carbons (Fsp3) is 0.286. The molecular weight excluding hydrogens is 541 g/mol. The molecule has 0 heterocycles. The number of methoxy groups -OCH3 is 3. The molecule has 0 fully saturated rings. The van der Waals surface area contributed by atoms with E-state index in [9.17, 15) is 22.4 Å². The third-order valence-electron chi connectivity index (χ3n) is 6.26. The van der Waals surface area contributed by atoms with E-state index in [4.69, 9.17) is 14.2 Å². The molecule has 12 heteroatoms. The van der Waals surface area contributed by atoms with Crippen molar-refractivity contribution in [3.8, 4) is 17.2 Å². The predicted octanol–water partition coefficient (Wildman–Crippen LogP) is 3.21. The molecule has 0 unspecified atom stereocenters. The van der Waals surface area contributed by atoms with Crippen LogP contribution in [0.1, 0.15) is 12.5 Å². The SMILES string of the molecule is CNC(=O)[C@H](C)N(Cc1ccc(OC)cc1)C(=O)CN(c1ccc(F)cc1)S(=O)(=O)c1ccc(OC)c(OC)c1. The number of amides is 2. The van der Waals surface area contributed by atoms with Crippen molar-refractivity contribution in [2.75, 3.05) is 39.2 Å². The standard InChI is InChI=1S/C28H32FN3O7S/c1-19(28(34)30-2)31(17-20-6-12-23(37-3)13-7-20)27(33)18-32(22-10-8-21(29)9-11-22)40(35,36)24-14-15-25(38-4)26(16-24)39-5/h6-16,19H,17-18H2,1-5H3,(H,30,34)/t19-/m0/s1. The van der Waals surface area contributed by atoms with Gasteiger partial charge in [-0.15, -0.1) is 0 Å². The van der Waals surface area contributed by atoms with Crippen LogP contribution in [-0.2, 0) is 26.2 Å². The first-order valence-electron chi connectivity index (χ1n) is 12.2. The van der Waals surface area contributed by atoms with Crippen molar-refractivity contribution in [2.24, 2.45) is 0 Å². The quantitative estimate of drug-likeness (QED) is 0.354. The Kier molecular flexibility index (Phi) is 9.94. The van der Waals surface area contributed by atoms with Crippen molar-refractivity contribution < 1.29 is 36.6 Å². The summed E-state index contributed by atoms with van der Waals surface area (Å²) in [5.74, 6) is -0.560. The number of rotatable bonds is 12. The van der Waals surface area contributed by atoms with E-state index in [1.165, 1.54) is 63.6 Å². The lowest BCUT2D eigenvalue weighted by Gasteiger charge is -2.31. The normalized spacial score (nSPS) is 11.8. The second-order valence-corrected chi connectivity index (χ2v) is 10.5. The average molecular weight is 574 g/mol. The van der Waals surface area contributed by atoms with E-state index in [1.807, 2.05) is 0 Å². The topological polar surface area (TPSA) is 114 Å². The molecule has 0 aliphatic heterocycles. The number of hydrogen-bond donors (Lipinski definition) is 1. The van der Waals surface area contributed by atoms with Gasteiger partial charge in [0.1, 0.15) is 24.2 Å². The van der Waals surface area contributed by atoms with Crippen molar-refractivity contribution in [2.45, 2.75) is 24.4 Å². The molecule has 0 saturated carbocycles. The van der Waals surface area contributed by atoms with Gasteiger partial charge in [0.25, 0.3) is 10.0 Å². The van der Waals surface area contributed by atoms with Gasteiger partial charge in [-0.3, -0.25) is 13.9 Å². The largest absolute Gasteiger partial charge is 0.497 e. The summed E-state index contributed by atoms with van der Waals surface area (Å²) in [6.07, 6.45) is 0. The number of carbonyl (C=O) groups excluding carboxylic acids is 2. The van der Waals surface area contributed by atoms with Crippen LogP contribution in [0.5, 0.6) is 17.2 Å². The Hall–Kier alpha value is -4.32. The second kappa shape index (κ2) is 13.2. The Morgan fingerprint density at radius 3 is 2.08 bits per heavy atom. The van der Waals surface area contributed by atoms with Crippen LogP contribution < -0.4 is 23.8 Å². The van der Waals surface area contributed by atoms with Gasteiger partial charge in [-0.2, -0.15) is 0 Å². The van der Waals surface area contributed by atoms with Gasteiger partial charge in [0.15, 0.2) is 11.5 Å². The number of ether oxygens (including phenoxy) is 3. The van der Waals surface area contributed by atoms with Crippen LogP contribution in [0.4, 0.5) is 10.1 Å². The predicted molar refractivity (Wildman–Crippen MR) is 148 cm³/mol. The zero-order valence-corrected chi connectivity index (χ0v) is 23.7. The Bertz CT molecular complexity index is 1430. The smallest absolute Gasteiger partial charge is 0.264 e. The highest BCUT2D eigenvalue weighted by molar-refractivity contribution is 7.92. The van der Waals surface area contributed by atoms with Crippen LogP contribution in [0.15, 0.2) is 71.6 Å². The highest BCUT2D eigenvalue weighted by Crippen LogP contribution is 2.32. The molecule has 214 valence electrons. The van der Waals surface area contributed by atoms with E-state index >= 15 is 0 Å². The number of anilines is 1. The zero-order valence-electron chi connectivity index (χ0n) is 22.9. The Morgan fingerprint density at radius 2 is 1.52 bits per heavy atom. The lowest BCUT2D eigenvalue weighted by molar-refractivity contribution is -0.139. The molecule has 0 spiro atoms. The molecule has 0 aliphatic carbocycles. The van der Waals surface area contributed by atoms with E-state index in [0.717, 1.165) is 16.4 Å². The molecule has 0 aliphatic rings. The highest BCUT2D eigenvalue weighted by atomic mass is 32.2. The molecular formula is C28H32FN3O7S. The van der Waals surface area contributed by atoms with Crippen LogP contribution >= 0.6 is 0 Å². The molecule has 40 heavy (non-hydrogen) atoms. The maximum absolute atomic E-state index is 13.9. The molecule has 0 aromatic heterocycles. The maximum Gasteiger partial charge on any atom is 0.264 e. The molecule has 10 nitrogen and oxygen atoms in total. The van der Waals surface area contributed by atoms with Crippen molar-refractivity contribution in [1.29, 1.82) is 0 Å². The molecule has 0 radical (unpaired) electrons. The Balaban J connectivity index is 2.05. The van der Waals surface area contributed by atoms with Gasteiger partial charge >= 0.3 is 0 Å². The molecule has 0 bridgehead atoms. The molecule has 3 aromatic rings. The molecule has 0 saturated heterocycles. The number of halogens is 1. The maximum atomic E-state index is 13.9. The Morgan fingerprint density at radius 1 is 0.900 bits per heavy atom. The summed E-state index contributed by atoms with van der Waals surface area (Å²) < 4.78 is 58.1. The van der Waals surface area contributed by atoms with E-state index in [0.29, 0.717) is 17.1 Å². The first-order chi connectivity index (χ1) is 19.0. The van der Waals surface area contributed by atoms with Gasteiger partial charge in [0.05, 0.1) is 31.9 Å². The van der Waals surface area contributed by atoms with Crippen molar-refractivity contribution in [3.05, 3.63) is 78.1 Å². The van der Waals surface area contributed by atoms with Crippen LogP contribution in [0, 0.1) is 5.82 Å². The fourth-order valence-electron chi connectivity index (χ4n) is 3.96. The Labute approximate surface area is 233 Å². The van der Waals surface area contributed by atoms with Gasteiger partial charge < -0.3 is 24.4 Å². The van der Waals surface area contributed by atoms with Crippen LogP contribution in [0.2, 0.25) is 0 Å². The number of likely N-dealkylation sites (N-methyl/N-ethyl adjacent to an activating group) is 1. The summed E-state index contributed by atoms with van der Waals surface area (Å²) in [5.41, 5.74) is 0.752. The van der Waals surface area contributed by atoms with Crippen LogP contribution in [-0.4, -0.2) is 66.1 Å². The first-order valence-corrected chi connectivity index (χ1v) is 13.6. The number of sulfonamides is 1. The molecule has 3 aromatic carbocycles. The lowest BCUT2D eigenvalue weighted by atomic mass is 10.1. The van der Waals surface area contributed by atoms with E-state index in [-0.39, 0.29) is 22.9 Å². The van der Waals surface area contributed by atoms with Gasteiger partial charge in [-0.05, 0) is 61.0 Å². The second-order valence-electron chi connectivity index (χ2n) is 8.66. The van der Waals surface area contributed by atoms with E-state index < -0.39 is 40.2 Å².